The van der Waals surface area contributed by atoms with E-state index in [4.69, 9.17) is 0 Å². The van der Waals surface area contributed by atoms with Crippen LogP contribution in [0.4, 0.5) is 4.39 Å². The van der Waals surface area contributed by atoms with Crippen LogP contribution in [0.3, 0.4) is 0 Å². The molecule has 1 aromatic carbocycles. The van der Waals surface area contributed by atoms with Crippen LogP contribution in [-0.2, 0) is 11.2 Å². The molecule has 4 heteroatoms. The lowest BCUT2D eigenvalue weighted by Gasteiger charge is -2.34. The number of carbonyl (C=O) groups is 1. The third kappa shape index (κ3) is 5.41. The number of benzene rings is 1. The van der Waals surface area contributed by atoms with Crippen molar-refractivity contribution >= 4 is 5.91 Å². The molecular weight excluding hydrogens is 279 g/mol. The van der Waals surface area contributed by atoms with Gasteiger partial charge in [-0.2, -0.15) is 0 Å². The Balaban J connectivity index is 1.63. The highest BCUT2D eigenvalue weighted by molar-refractivity contribution is 5.76. The molecule has 0 aromatic heterocycles. The average molecular weight is 306 g/mol. The molecule has 22 heavy (non-hydrogen) atoms. The monoisotopic (exact) mass is 306 g/mol. The van der Waals surface area contributed by atoms with E-state index in [2.05, 4.69) is 11.8 Å². The van der Waals surface area contributed by atoms with Crippen LogP contribution in [0.1, 0.15) is 38.2 Å². The molecule has 0 saturated carbocycles. The van der Waals surface area contributed by atoms with Crippen molar-refractivity contribution in [3.8, 4) is 0 Å². The summed E-state index contributed by atoms with van der Waals surface area (Å²) in [4.78, 5) is 16.4. The van der Waals surface area contributed by atoms with E-state index in [1.807, 2.05) is 17.0 Å². The zero-order valence-corrected chi connectivity index (χ0v) is 13.6. The maximum absolute atomic E-state index is 12.8. The van der Waals surface area contributed by atoms with Crippen molar-refractivity contribution in [2.24, 2.45) is 0 Å². The van der Waals surface area contributed by atoms with E-state index in [1.54, 1.807) is 0 Å². The Morgan fingerprint density at radius 1 is 1.09 bits per heavy atom. The second-order valence-electron chi connectivity index (χ2n) is 6.06. The first-order valence-corrected chi connectivity index (χ1v) is 8.43. The van der Waals surface area contributed by atoms with Gasteiger partial charge in [0, 0.05) is 32.6 Å². The van der Waals surface area contributed by atoms with Gasteiger partial charge in [-0.15, -0.1) is 0 Å². The molecule has 122 valence electrons. The number of rotatable bonds is 7. The smallest absolute Gasteiger partial charge is 0.222 e. The molecule has 0 N–H and O–H groups in total. The largest absolute Gasteiger partial charge is 0.340 e. The van der Waals surface area contributed by atoms with Gasteiger partial charge in [-0.25, -0.2) is 4.39 Å². The van der Waals surface area contributed by atoms with E-state index in [0.29, 0.717) is 12.3 Å². The maximum atomic E-state index is 12.8. The van der Waals surface area contributed by atoms with Gasteiger partial charge >= 0.3 is 0 Å². The van der Waals surface area contributed by atoms with Crippen molar-refractivity contribution in [2.45, 2.75) is 39.0 Å². The molecule has 0 bridgehead atoms. The van der Waals surface area contributed by atoms with Crippen molar-refractivity contribution < 1.29 is 9.18 Å². The van der Waals surface area contributed by atoms with Crippen molar-refractivity contribution in [2.75, 3.05) is 32.7 Å². The fourth-order valence-electron chi connectivity index (χ4n) is 2.86. The zero-order valence-electron chi connectivity index (χ0n) is 13.6. The van der Waals surface area contributed by atoms with E-state index in [1.165, 1.54) is 17.7 Å². The molecule has 0 aliphatic carbocycles. The standard InChI is InChI=1S/C18H27FN2O/c1-2-3-6-18(22)21-14-12-20(13-15-21)11-4-5-16-7-9-17(19)10-8-16/h7-10H,2-6,11-15H2,1H3. The third-order valence-electron chi connectivity index (χ3n) is 4.32. The minimum atomic E-state index is -0.174. The summed E-state index contributed by atoms with van der Waals surface area (Å²) in [6, 6.07) is 6.77. The topological polar surface area (TPSA) is 23.6 Å². The Labute approximate surface area is 133 Å². The Hall–Kier alpha value is -1.42. The van der Waals surface area contributed by atoms with Crippen LogP contribution in [0.5, 0.6) is 0 Å². The van der Waals surface area contributed by atoms with E-state index >= 15 is 0 Å². The predicted octanol–water partition coefficient (Wildman–Crippen LogP) is 3.09. The van der Waals surface area contributed by atoms with Crippen LogP contribution in [0.25, 0.3) is 0 Å². The van der Waals surface area contributed by atoms with E-state index in [-0.39, 0.29) is 5.82 Å². The molecule has 0 spiro atoms. The summed E-state index contributed by atoms with van der Waals surface area (Å²) < 4.78 is 12.8. The molecule has 2 rings (SSSR count). The first-order valence-electron chi connectivity index (χ1n) is 8.43. The molecule has 0 unspecified atom stereocenters. The summed E-state index contributed by atoms with van der Waals surface area (Å²) in [7, 11) is 0. The molecule has 1 aromatic rings. The number of unbranched alkanes of at least 4 members (excludes halogenated alkanes) is 1. The molecule has 1 aliphatic rings. The number of aryl methyl sites for hydroxylation is 1. The van der Waals surface area contributed by atoms with Crippen LogP contribution in [0, 0.1) is 5.82 Å². The van der Waals surface area contributed by atoms with Crippen molar-refractivity contribution in [1.82, 2.24) is 9.80 Å². The Morgan fingerprint density at radius 3 is 2.41 bits per heavy atom. The predicted molar refractivity (Wildman–Crippen MR) is 87.3 cm³/mol. The van der Waals surface area contributed by atoms with Gasteiger partial charge < -0.3 is 4.90 Å². The van der Waals surface area contributed by atoms with Gasteiger partial charge in [0.2, 0.25) is 5.91 Å². The van der Waals surface area contributed by atoms with E-state index in [9.17, 15) is 9.18 Å². The molecule has 0 atom stereocenters. The molecule has 0 radical (unpaired) electrons. The number of hydrogen-bond donors (Lipinski definition) is 0. The van der Waals surface area contributed by atoms with Crippen LogP contribution in [0.15, 0.2) is 24.3 Å². The first-order chi connectivity index (χ1) is 10.7. The molecule has 1 saturated heterocycles. The van der Waals surface area contributed by atoms with Gasteiger partial charge in [-0.1, -0.05) is 25.5 Å². The van der Waals surface area contributed by atoms with E-state index in [0.717, 1.165) is 58.4 Å². The minimum Gasteiger partial charge on any atom is -0.340 e. The van der Waals surface area contributed by atoms with Crippen LogP contribution in [-0.4, -0.2) is 48.4 Å². The summed E-state index contributed by atoms with van der Waals surface area (Å²) in [6.45, 7) is 6.83. The highest BCUT2D eigenvalue weighted by atomic mass is 19.1. The Morgan fingerprint density at radius 2 is 1.77 bits per heavy atom. The summed E-state index contributed by atoms with van der Waals surface area (Å²) in [6.07, 6.45) is 4.83. The van der Waals surface area contributed by atoms with E-state index < -0.39 is 0 Å². The summed E-state index contributed by atoms with van der Waals surface area (Å²) in [5.41, 5.74) is 1.19. The lowest BCUT2D eigenvalue weighted by atomic mass is 10.1. The van der Waals surface area contributed by atoms with Gasteiger partial charge in [-0.3, -0.25) is 9.69 Å². The van der Waals surface area contributed by atoms with Gasteiger partial charge in [0.15, 0.2) is 0 Å². The van der Waals surface area contributed by atoms with Gasteiger partial charge in [0.25, 0.3) is 0 Å². The fourth-order valence-corrected chi connectivity index (χ4v) is 2.86. The van der Waals surface area contributed by atoms with Crippen molar-refractivity contribution in [1.29, 1.82) is 0 Å². The van der Waals surface area contributed by atoms with Crippen LogP contribution < -0.4 is 0 Å². The fraction of sp³-hybridized carbons (Fsp3) is 0.611. The summed E-state index contributed by atoms with van der Waals surface area (Å²) in [5, 5.41) is 0. The lowest BCUT2D eigenvalue weighted by Crippen LogP contribution is -2.48. The number of carbonyl (C=O) groups excluding carboxylic acids is 1. The normalized spacial score (nSPS) is 16.0. The second-order valence-corrected chi connectivity index (χ2v) is 6.06. The second kappa shape index (κ2) is 8.89. The zero-order chi connectivity index (χ0) is 15.8. The van der Waals surface area contributed by atoms with Gasteiger partial charge in [0.1, 0.15) is 5.82 Å². The number of halogens is 1. The molecule has 1 fully saturated rings. The summed E-state index contributed by atoms with van der Waals surface area (Å²) in [5.74, 6) is 0.139. The summed E-state index contributed by atoms with van der Waals surface area (Å²) >= 11 is 0. The highest BCUT2D eigenvalue weighted by Gasteiger charge is 2.19. The maximum Gasteiger partial charge on any atom is 0.222 e. The average Bonchev–Trinajstić information content (AvgIpc) is 2.55. The molecule has 1 amide bonds. The molecule has 3 nitrogen and oxygen atoms in total. The number of nitrogens with zero attached hydrogens (tertiary/aromatic N) is 2. The number of piperazine rings is 1. The first kappa shape index (κ1) is 16.9. The number of hydrogen-bond acceptors (Lipinski definition) is 2. The highest BCUT2D eigenvalue weighted by Crippen LogP contribution is 2.09. The number of amides is 1. The quantitative estimate of drug-likeness (QED) is 0.773. The minimum absolute atomic E-state index is 0.174. The lowest BCUT2D eigenvalue weighted by molar-refractivity contribution is -0.133. The molecule has 1 heterocycles. The van der Waals surface area contributed by atoms with Gasteiger partial charge in [0.05, 0.1) is 0 Å². The van der Waals surface area contributed by atoms with Crippen LogP contribution in [0.2, 0.25) is 0 Å². The van der Waals surface area contributed by atoms with Crippen molar-refractivity contribution in [3.05, 3.63) is 35.6 Å². The third-order valence-corrected chi connectivity index (χ3v) is 4.32. The van der Waals surface area contributed by atoms with Crippen LogP contribution >= 0.6 is 0 Å². The van der Waals surface area contributed by atoms with Crippen molar-refractivity contribution in [3.63, 3.8) is 0 Å². The SMILES string of the molecule is CCCCC(=O)N1CCN(CCCc2ccc(F)cc2)CC1. The van der Waals surface area contributed by atoms with Gasteiger partial charge in [-0.05, 0) is 43.5 Å². The Kier molecular flexibility index (Phi) is 6.84. The molecular formula is C18H27FN2O. The Bertz CT molecular complexity index is 453. The molecule has 1 aliphatic heterocycles.